The third-order valence-electron chi connectivity index (χ3n) is 5.65. The second-order valence-corrected chi connectivity index (χ2v) is 7.94. The largest absolute Gasteiger partial charge is 0.497 e. The Morgan fingerprint density at radius 1 is 1.06 bits per heavy atom. The van der Waals surface area contributed by atoms with Crippen LogP contribution >= 0.6 is 0 Å². The zero-order valence-electron chi connectivity index (χ0n) is 19.1. The first-order valence-corrected chi connectivity index (χ1v) is 10.9. The van der Waals surface area contributed by atoms with Crippen molar-refractivity contribution in [1.82, 2.24) is 19.7 Å². The minimum atomic E-state index is -0.235. The minimum absolute atomic E-state index is 0.0419. The van der Waals surface area contributed by atoms with E-state index in [9.17, 15) is 4.79 Å². The van der Waals surface area contributed by atoms with Crippen molar-refractivity contribution in [1.29, 1.82) is 0 Å². The van der Waals surface area contributed by atoms with Crippen LogP contribution in [0.15, 0.2) is 67.1 Å². The predicted molar refractivity (Wildman–Crippen MR) is 127 cm³/mol. The summed E-state index contributed by atoms with van der Waals surface area (Å²) in [5.74, 6) is 1.07. The van der Waals surface area contributed by atoms with Crippen LogP contribution in [0.2, 0.25) is 0 Å². The summed E-state index contributed by atoms with van der Waals surface area (Å²) in [5.41, 5.74) is 4.78. The SMILES string of the molecule is COc1cc(OC)cc(C(CC(=O)NCCc2ccccn2)c2cnc3cc(C)ccn23)c1. The van der Waals surface area contributed by atoms with Gasteiger partial charge in [-0.2, -0.15) is 0 Å². The van der Waals surface area contributed by atoms with Gasteiger partial charge in [0.25, 0.3) is 0 Å². The summed E-state index contributed by atoms with van der Waals surface area (Å²) in [6, 6.07) is 15.6. The van der Waals surface area contributed by atoms with Gasteiger partial charge in [-0.3, -0.25) is 9.78 Å². The highest BCUT2D eigenvalue weighted by molar-refractivity contribution is 5.77. The molecule has 7 nitrogen and oxygen atoms in total. The van der Waals surface area contributed by atoms with Gasteiger partial charge in [0.15, 0.2) is 0 Å². The fourth-order valence-electron chi connectivity index (χ4n) is 3.92. The van der Waals surface area contributed by atoms with E-state index in [0.717, 1.165) is 28.2 Å². The van der Waals surface area contributed by atoms with Crippen LogP contribution in [0.25, 0.3) is 5.65 Å². The van der Waals surface area contributed by atoms with Crippen molar-refractivity contribution < 1.29 is 14.3 Å². The molecule has 3 aromatic heterocycles. The summed E-state index contributed by atoms with van der Waals surface area (Å²) in [7, 11) is 3.24. The van der Waals surface area contributed by atoms with E-state index in [4.69, 9.17) is 9.47 Å². The van der Waals surface area contributed by atoms with E-state index >= 15 is 0 Å². The van der Waals surface area contributed by atoms with Crippen LogP contribution < -0.4 is 14.8 Å². The van der Waals surface area contributed by atoms with E-state index in [0.29, 0.717) is 24.5 Å². The first-order valence-electron chi connectivity index (χ1n) is 10.9. The molecule has 3 heterocycles. The van der Waals surface area contributed by atoms with Crippen molar-refractivity contribution in [3.63, 3.8) is 0 Å². The number of imidazole rings is 1. The van der Waals surface area contributed by atoms with Crippen molar-refractivity contribution >= 4 is 11.6 Å². The first kappa shape index (κ1) is 22.3. The van der Waals surface area contributed by atoms with Gasteiger partial charge >= 0.3 is 0 Å². The number of aryl methyl sites for hydroxylation is 1. The molecule has 0 spiro atoms. The number of rotatable bonds is 9. The van der Waals surface area contributed by atoms with Crippen LogP contribution in [0, 0.1) is 6.92 Å². The molecule has 1 unspecified atom stereocenters. The summed E-state index contributed by atoms with van der Waals surface area (Å²) in [6.45, 7) is 2.56. The number of methoxy groups -OCH3 is 2. The molecule has 0 bridgehead atoms. The average molecular weight is 445 g/mol. The molecule has 1 amide bonds. The van der Waals surface area contributed by atoms with Gasteiger partial charge in [0.2, 0.25) is 5.91 Å². The summed E-state index contributed by atoms with van der Waals surface area (Å²) in [5, 5.41) is 3.04. The molecule has 1 aromatic carbocycles. The highest BCUT2D eigenvalue weighted by Gasteiger charge is 2.23. The summed E-state index contributed by atoms with van der Waals surface area (Å²) < 4.78 is 13.0. The van der Waals surface area contributed by atoms with Gasteiger partial charge in [0, 0.05) is 55.7 Å². The lowest BCUT2D eigenvalue weighted by Crippen LogP contribution is -2.28. The highest BCUT2D eigenvalue weighted by Crippen LogP contribution is 2.34. The number of aromatic nitrogens is 3. The summed E-state index contributed by atoms with van der Waals surface area (Å²) >= 11 is 0. The van der Waals surface area contributed by atoms with Crippen LogP contribution in [-0.4, -0.2) is 41.0 Å². The Morgan fingerprint density at radius 2 is 1.85 bits per heavy atom. The molecule has 0 fully saturated rings. The fourth-order valence-corrected chi connectivity index (χ4v) is 3.92. The van der Waals surface area contributed by atoms with Crippen LogP contribution in [-0.2, 0) is 11.2 Å². The summed E-state index contributed by atoms with van der Waals surface area (Å²) in [4.78, 5) is 21.9. The molecular formula is C26H28N4O3. The van der Waals surface area contributed by atoms with Gasteiger partial charge in [0.05, 0.1) is 19.9 Å². The van der Waals surface area contributed by atoms with Crippen LogP contribution in [0.4, 0.5) is 0 Å². The third kappa shape index (κ3) is 5.31. The Kier molecular flexibility index (Phi) is 6.88. The fraction of sp³-hybridized carbons (Fsp3) is 0.269. The number of nitrogens with zero attached hydrogens (tertiary/aromatic N) is 3. The van der Waals surface area contributed by atoms with E-state index in [2.05, 4.69) is 15.3 Å². The zero-order chi connectivity index (χ0) is 23.2. The molecule has 4 aromatic rings. The molecule has 170 valence electrons. The Bertz CT molecular complexity index is 1210. The minimum Gasteiger partial charge on any atom is -0.497 e. The normalized spacial score (nSPS) is 11.8. The van der Waals surface area contributed by atoms with Crippen molar-refractivity contribution in [3.05, 3.63) is 89.6 Å². The van der Waals surface area contributed by atoms with Crippen LogP contribution in [0.3, 0.4) is 0 Å². The average Bonchev–Trinajstić information content (AvgIpc) is 3.25. The number of hydrogen-bond donors (Lipinski definition) is 1. The lowest BCUT2D eigenvalue weighted by molar-refractivity contribution is -0.121. The zero-order valence-corrected chi connectivity index (χ0v) is 19.1. The molecule has 0 aliphatic carbocycles. The topological polar surface area (TPSA) is 77.8 Å². The van der Waals surface area contributed by atoms with E-state index in [1.54, 1.807) is 20.4 Å². The smallest absolute Gasteiger partial charge is 0.221 e. The van der Waals surface area contributed by atoms with Gasteiger partial charge < -0.3 is 19.2 Å². The molecule has 33 heavy (non-hydrogen) atoms. The van der Waals surface area contributed by atoms with E-state index in [-0.39, 0.29) is 18.2 Å². The van der Waals surface area contributed by atoms with Gasteiger partial charge in [-0.15, -0.1) is 0 Å². The number of fused-ring (bicyclic) bond motifs is 1. The Hall–Kier alpha value is -3.87. The van der Waals surface area contributed by atoms with Gasteiger partial charge in [-0.05, 0) is 54.4 Å². The lowest BCUT2D eigenvalue weighted by Gasteiger charge is -2.19. The molecule has 0 aliphatic heterocycles. The maximum atomic E-state index is 13.0. The molecule has 0 radical (unpaired) electrons. The summed E-state index contributed by atoms with van der Waals surface area (Å²) in [6.07, 6.45) is 6.54. The number of pyridine rings is 2. The quantitative estimate of drug-likeness (QED) is 0.423. The molecule has 4 rings (SSSR count). The number of carbonyl (C=O) groups is 1. The molecule has 1 atom stereocenters. The first-order chi connectivity index (χ1) is 16.1. The van der Waals surface area contributed by atoms with Crippen molar-refractivity contribution in [3.8, 4) is 11.5 Å². The van der Waals surface area contributed by atoms with Crippen molar-refractivity contribution in [2.45, 2.75) is 25.7 Å². The van der Waals surface area contributed by atoms with Crippen molar-refractivity contribution in [2.75, 3.05) is 20.8 Å². The number of amides is 1. The van der Waals surface area contributed by atoms with Crippen LogP contribution in [0.1, 0.15) is 34.9 Å². The van der Waals surface area contributed by atoms with Gasteiger partial charge in [-0.1, -0.05) is 6.07 Å². The van der Waals surface area contributed by atoms with Gasteiger partial charge in [0.1, 0.15) is 17.1 Å². The molecule has 0 saturated heterocycles. The third-order valence-corrected chi connectivity index (χ3v) is 5.65. The van der Waals surface area contributed by atoms with E-state index in [1.807, 2.05) is 72.2 Å². The van der Waals surface area contributed by atoms with E-state index < -0.39 is 0 Å². The second kappa shape index (κ2) is 10.2. The Labute approximate surface area is 193 Å². The monoisotopic (exact) mass is 444 g/mol. The van der Waals surface area contributed by atoms with Crippen LogP contribution in [0.5, 0.6) is 11.5 Å². The Morgan fingerprint density at radius 3 is 2.55 bits per heavy atom. The number of ether oxygens (including phenoxy) is 2. The van der Waals surface area contributed by atoms with Crippen molar-refractivity contribution in [2.24, 2.45) is 0 Å². The number of carbonyl (C=O) groups excluding carboxylic acids is 1. The molecule has 0 aliphatic rings. The van der Waals surface area contributed by atoms with E-state index in [1.165, 1.54) is 0 Å². The second-order valence-electron chi connectivity index (χ2n) is 7.94. The highest BCUT2D eigenvalue weighted by atomic mass is 16.5. The number of nitrogens with one attached hydrogen (secondary N) is 1. The maximum Gasteiger partial charge on any atom is 0.221 e. The number of hydrogen-bond acceptors (Lipinski definition) is 5. The predicted octanol–water partition coefficient (Wildman–Crippen LogP) is 3.94. The lowest BCUT2D eigenvalue weighted by atomic mass is 9.91. The maximum absolute atomic E-state index is 13.0. The van der Waals surface area contributed by atoms with Gasteiger partial charge in [-0.25, -0.2) is 4.98 Å². The molecular weight excluding hydrogens is 416 g/mol. The standard InChI is InChI=1S/C26H28N4O3/c1-18-8-11-30-24(17-29-25(30)12-18)23(19-13-21(32-2)15-22(14-19)33-3)16-26(31)28-10-7-20-6-4-5-9-27-20/h4-6,8-9,11-15,17,23H,7,10,16H2,1-3H3,(H,28,31). The molecule has 0 saturated carbocycles. The number of benzene rings is 1. The molecule has 7 heteroatoms. The molecule has 1 N–H and O–H groups in total. The Balaban J connectivity index is 1.62.